The standard InChI is InChI=1S/C24H31N5O4/c1-16-13-17-5-3-9-25-23(17)27-19(16)6-4-10-28-11-12-29(24(28)32)20(14-22(30)31)18-7-8-21(33-2)26-15-18/h7-8,13,15,20H,3-6,9-12,14H2,1-2H3,(H,25,27)(H,30,31)/t20-/m0/s1. The molecule has 2 aromatic heterocycles. The summed E-state index contributed by atoms with van der Waals surface area (Å²) in [4.78, 5) is 37.1. The van der Waals surface area contributed by atoms with Crippen LogP contribution in [0.15, 0.2) is 24.4 Å². The van der Waals surface area contributed by atoms with Crippen LogP contribution in [-0.2, 0) is 17.6 Å². The van der Waals surface area contributed by atoms with Crippen molar-refractivity contribution in [3.63, 3.8) is 0 Å². The number of aryl methyl sites for hydroxylation is 3. The van der Waals surface area contributed by atoms with E-state index in [9.17, 15) is 14.7 Å². The van der Waals surface area contributed by atoms with Crippen molar-refractivity contribution in [2.75, 3.05) is 38.6 Å². The Hall–Kier alpha value is -3.36. The Labute approximate surface area is 193 Å². The highest BCUT2D eigenvalue weighted by molar-refractivity contribution is 5.78. The van der Waals surface area contributed by atoms with Gasteiger partial charge < -0.3 is 25.0 Å². The van der Waals surface area contributed by atoms with Crippen molar-refractivity contribution < 1.29 is 19.4 Å². The number of ether oxygens (including phenoxy) is 1. The minimum absolute atomic E-state index is 0.131. The second kappa shape index (κ2) is 10.1. The maximum absolute atomic E-state index is 13.1. The van der Waals surface area contributed by atoms with Crippen LogP contribution in [-0.4, -0.2) is 70.2 Å². The topological polar surface area (TPSA) is 108 Å². The van der Waals surface area contributed by atoms with Crippen molar-refractivity contribution in [1.29, 1.82) is 0 Å². The van der Waals surface area contributed by atoms with Crippen LogP contribution in [0, 0.1) is 6.92 Å². The number of rotatable bonds is 9. The number of nitrogens with one attached hydrogen (secondary N) is 1. The summed E-state index contributed by atoms with van der Waals surface area (Å²) < 4.78 is 5.09. The summed E-state index contributed by atoms with van der Waals surface area (Å²) in [5, 5.41) is 12.8. The average Bonchev–Trinajstić information content (AvgIpc) is 3.17. The number of carbonyl (C=O) groups excluding carboxylic acids is 1. The van der Waals surface area contributed by atoms with Crippen LogP contribution in [0.3, 0.4) is 0 Å². The lowest BCUT2D eigenvalue weighted by Crippen LogP contribution is -2.36. The van der Waals surface area contributed by atoms with Crippen molar-refractivity contribution >= 4 is 17.8 Å². The molecule has 2 amide bonds. The fourth-order valence-electron chi connectivity index (χ4n) is 4.61. The molecule has 2 aliphatic rings. The van der Waals surface area contributed by atoms with E-state index in [4.69, 9.17) is 9.72 Å². The summed E-state index contributed by atoms with van der Waals surface area (Å²) in [5.74, 6) is 0.489. The van der Waals surface area contributed by atoms with Gasteiger partial charge in [-0.2, -0.15) is 0 Å². The van der Waals surface area contributed by atoms with E-state index in [0.29, 0.717) is 31.1 Å². The summed E-state index contributed by atoms with van der Waals surface area (Å²) in [7, 11) is 1.52. The van der Waals surface area contributed by atoms with Gasteiger partial charge in [-0.3, -0.25) is 4.79 Å². The number of carboxylic acids is 1. The first-order valence-electron chi connectivity index (χ1n) is 11.5. The second-order valence-electron chi connectivity index (χ2n) is 8.60. The molecule has 2 aliphatic heterocycles. The largest absolute Gasteiger partial charge is 0.481 e. The number of fused-ring (bicyclic) bond motifs is 1. The molecule has 9 heteroatoms. The fourth-order valence-corrected chi connectivity index (χ4v) is 4.61. The predicted molar refractivity (Wildman–Crippen MR) is 124 cm³/mol. The van der Waals surface area contributed by atoms with Gasteiger partial charge in [-0.15, -0.1) is 0 Å². The van der Waals surface area contributed by atoms with E-state index in [2.05, 4.69) is 23.3 Å². The molecule has 0 bridgehead atoms. The van der Waals surface area contributed by atoms with E-state index in [1.807, 2.05) is 0 Å². The Morgan fingerprint density at radius 2 is 2.18 bits per heavy atom. The number of hydrogen-bond donors (Lipinski definition) is 2. The van der Waals surface area contributed by atoms with Crippen LogP contribution in [0.5, 0.6) is 5.88 Å². The number of urea groups is 1. The van der Waals surface area contributed by atoms with E-state index < -0.39 is 12.0 Å². The molecular formula is C24H31N5O4. The fraction of sp³-hybridized carbons (Fsp3) is 0.500. The summed E-state index contributed by atoms with van der Waals surface area (Å²) >= 11 is 0. The Kier molecular flexibility index (Phi) is 6.96. The van der Waals surface area contributed by atoms with Gasteiger partial charge in [0.15, 0.2) is 0 Å². The summed E-state index contributed by atoms with van der Waals surface area (Å²) in [6.07, 6.45) is 5.22. The molecule has 0 radical (unpaired) electrons. The van der Waals surface area contributed by atoms with Crippen molar-refractivity contribution in [3.8, 4) is 5.88 Å². The monoisotopic (exact) mass is 453 g/mol. The van der Waals surface area contributed by atoms with Crippen LogP contribution in [0.4, 0.5) is 10.6 Å². The van der Waals surface area contributed by atoms with Gasteiger partial charge >= 0.3 is 12.0 Å². The highest BCUT2D eigenvalue weighted by Gasteiger charge is 2.35. The molecule has 0 aliphatic carbocycles. The van der Waals surface area contributed by atoms with E-state index in [1.165, 1.54) is 18.2 Å². The smallest absolute Gasteiger partial charge is 0.320 e. The SMILES string of the molecule is COc1ccc([C@H](CC(=O)O)N2CCN(CCCc3nc4c(cc3C)CCCN4)C2=O)cn1. The maximum Gasteiger partial charge on any atom is 0.320 e. The first kappa shape index (κ1) is 22.8. The Morgan fingerprint density at radius 3 is 2.91 bits per heavy atom. The molecule has 1 atom stereocenters. The summed E-state index contributed by atoms with van der Waals surface area (Å²) in [6, 6.07) is 4.99. The number of nitrogens with zero attached hydrogens (tertiary/aromatic N) is 4. The minimum Gasteiger partial charge on any atom is -0.481 e. The quantitative estimate of drug-likeness (QED) is 0.601. The van der Waals surface area contributed by atoms with Crippen molar-refractivity contribution in [2.45, 2.75) is 45.1 Å². The molecule has 0 aromatic carbocycles. The number of carbonyl (C=O) groups is 2. The summed E-state index contributed by atoms with van der Waals surface area (Å²) in [5.41, 5.74) is 4.24. The van der Waals surface area contributed by atoms with Gasteiger partial charge in [0.2, 0.25) is 5.88 Å². The zero-order valence-corrected chi connectivity index (χ0v) is 19.2. The molecule has 1 fully saturated rings. The Bertz CT molecular complexity index is 1010. The molecule has 176 valence electrons. The lowest BCUT2D eigenvalue weighted by Gasteiger charge is -2.27. The number of anilines is 1. The van der Waals surface area contributed by atoms with Gasteiger partial charge in [0.1, 0.15) is 5.82 Å². The molecule has 4 rings (SSSR count). The number of amides is 2. The van der Waals surface area contributed by atoms with Crippen LogP contribution in [0.2, 0.25) is 0 Å². The van der Waals surface area contributed by atoms with Gasteiger partial charge in [0.05, 0.1) is 19.6 Å². The minimum atomic E-state index is -0.954. The highest BCUT2D eigenvalue weighted by Crippen LogP contribution is 2.29. The molecule has 33 heavy (non-hydrogen) atoms. The zero-order chi connectivity index (χ0) is 23.4. The molecule has 0 spiro atoms. The van der Waals surface area contributed by atoms with E-state index in [-0.39, 0.29) is 12.5 Å². The molecule has 2 aromatic rings. The molecule has 1 saturated heterocycles. The number of aromatic nitrogens is 2. The van der Waals surface area contributed by atoms with Gasteiger partial charge in [0, 0.05) is 44.1 Å². The number of pyridine rings is 2. The van der Waals surface area contributed by atoms with E-state index in [0.717, 1.165) is 43.7 Å². The number of methoxy groups -OCH3 is 1. The van der Waals surface area contributed by atoms with Crippen LogP contribution in [0.25, 0.3) is 0 Å². The average molecular weight is 454 g/mol. The van der Waals surface area contributed by atoms with Crippen molar-refractivity contribution in [1.82, 2.24) is 19.8 Å². The normalized spacial score (nSPS) is 16.4. The van der Waals surface area contributed by atoms with Gasteiger partial charge in [-0.05, 0) is 49.3 Å². The third-order valence-electron chi connectivity index (χ3n) is 6.38. The van der Waals surface area contributed by atoms with E-state index >= 15 is 0 Å². The molecular weight excluding hydrogens is 422 g/mol. The van der Waals surface area contributed by atoms with Crippen LogP contribution in [0.1, 0.15) is 47.7 Å². The summed E-state index contributed by atoms with van der Waals surface area (Å²) in [6.45, 7) is 4.74. The van der Waals surface area contributed by atoms with Crippen LogP contribution < -0.4 is 10.1 Å². The first-order chi connectivity index (χ1) is 16.0. The van der Waals surface area contributed by atoms with Gasteiger partial charge in [-0.1, -0.05) is 12.1 Å². The van der Waals surface area contributed by atoms with Gasteiger partial charge in [-0.25, -0.2) is 14.8 Å². The number of carboxylic acid groups (broad SMARTS) is 1. The second-order valence-corrected chi connectivity index (χ2v) is 8.60. The lowest BCUT2D eigenvalue weighted by atomic mass is 10.0. The predicted octanol–water partition coefficient (Wildman–Crippen LogP) is 3.04. The number of hydrogen-bond acceptors (Lipinski definition) is 6. The van der Waals surface area contributed by atoms with E-state index in [1.54, 1.807) is 28.1 Å². The van der Waals surface area contributed by atoms with Crippen molar-refractivity contribution in [3.05, 3.63) is 46.8 Å². The lowest BCUT2D eigenvalue weighted by molar-refractivity contribution is -0.138. The Balaban J connectivity index is 1.38. The number of aliphatic carboxylic acids is 1. The first-order valence-corrected chi connectivity index (χ1v) is 11.5. The van der Waals surface area contributed by atoms with Crippen LogP contribution >= 0.6 is 0 Å². The Morgan fingerprint density at radius 1 is 1.33 bits per heavy atom. The highest BCUT2D eigenvalue weighted by atomic mass is 16.5. The molecule has 9 nitrogen and oxygen atoms in total. The zero-order valence-electron chi connectivity index (χ0n) is 19.2. The molecule has 2 N–H and O–H groups in total. The molecule has 0 saturated carbocycles. The van der Waals surface area contributed by atoms with Gasteiger partial charge in [0.25, 0.3) is 0 Å². The molecule has 4 heterocycles. The third kappa shape index (κ3) is 5.18. The van der Waals surface area contributed by atoms with Crippen molar-refractivity contribution in [2.24, 2.45) is 0 Å². The maximum atomic E-state index is 13.1. The third-order valence-corrected chi connectivity index (χ3v) is 6.38. The molecule has 0 unspecified atom stereocenters.